The fourth-order valence-corrected chi connectivity index (χ4v) is 2.21. The highest BCUT2D eigenvalue weighted by Crippen LogP contribution is 2.36. The molecule has 0 bridgehead atoms. The molecule has 1 rings (SSSR count). The minimum atomic E-state index is -4.60. The van der Waals surface area contributed by atoms with E-state index in [1.165, 1.54) is 0 Å². The molecule has 1 fully saturated rings. The fourth-order valence-electron chi connectivity index (χ4n) is 2.21. The van der Waals surface area contributed by atoms with E-state index in [0.29, 0.717) is 19.3 Å². The van der Waals surface area contributed by atoms with E-state index in [4.69, 9.17) is 4.74 Å². The summed E-state index contributed by atoms with van der Waals surface area (Å²) in [6.45, 7) is 3.49. The highest BCUT2D eigenvalue weighted by molar-refractivity contribution is 5.85. The van der Waals surface area contributed by atoms with E-state index in [0.717, 1.165) is 6.42 Å². The molecule has 0 aromatic rings. The molecule has 0 atom stereocenters. The number of carbonyl (C=O) groups is 2. The summed E-state index contributed by atoms with van der Waals surface area (Å²) in [6.07, 6.45) is -1.62. The standard InChI is InChI=1S/C15H23F3O4/c1-4-13(2,3)11(19)22-14(8-6-5-7-9-14)12(20)21-10-15(16,17)18/h4-10H2,1-3H3. The van der Waals surface area contributed by atoms with Crippen molar-refractivity contribution in [2.75, 3.05) is 6.61 Å². The molecule has 0 saturated heterocycles. The van der Waals surface area contributed by atoms with Crippen LogP contribution >= 0.6 is 0 Å². The molecule has 0 unspecified atom stereocenters. The number of alkyl halides is 3. The van der Waals surface area contributed by atoms with E-state index in [1.54, 1.807) is 20.8 Å². The lowest BCUT2D eigenvalue weighted by molar-refractivity contribution is -0.210. The van der Waals surface area contributed by atoms with Gasteiger partial charge in [-0.3, -0.25) is 4.79 Å². The molecule has 1 aliphatic rings. The molecule has 1 aliphatic carbocycles. The van der Waals surface area contributed by atoms with Crippen LogP contribution < -0.4 is 0 Å². The second-order valence-electron chi connectivity index (χ2n) is 6.37. The molecular formula is C15H23F3O4. The Labute approximate surface area is 128 Å². The van der Waals surface area contributed by atoms with E-state index >= 15 is 0 Å². The third-order valence-electron chi connectivity index (χ3n) is 4.12. The van der Waals surface area contributed by atoms with Crippen molar-refractivity contribution in [1.29, 1.82) is 0 Å². The van der Waals surface area contributed by atoms with Crippen LogP contribution in [0.2, 0.25) is 0 Å². The van der Waals surface area contributed by atoms with Gasteiger partial charge in [0.05, 0.1) is 5.41 Å². The van der Waals surface area contributed by atoms with Gasteiger partial charge >= 0.3 is 18.1 Å². The highest BCUT2D eigenvalue weighted by Gasteiger charge is 2.48. The van der Waals surface area contributed by atoms with Crippen LogP contribution in [-0.4, -0.2) is 30.3 Å². The van der Waals surface area contributed by atoms with Crippen LogP contribution in [0.15, 0.2) is 0 Å². The van der Waals surface area contributed by atoms with Crippen molar-refractivity contribution >= 4 is 11.9 Å². The normalized spacial score (nSPS) is 18.6. The predicted molar refractivity (Wildman–Crippen MR) is 73.0 cm³/mol. The smallest absolute Gasteiger partial charge is 0.422 e. The van der Waals surface area contributed by atoms with Crippen LogP contribution in [0, 0.1) is 5.41 Å². The minimum absolute atomic E-state index is 0.204. The minimum Gasteiger partial charge on any atom is -0.453 e. The molecular weight excluding hydrogens is 301 g/mol. The Morgan fingerprint density at radius 3 is 2.09 bits per heavy atom. The third-order valence-corrected chi connectivity index (χ3v) is 4.12. The second-order valence-corrected chi connectivity index (χ2v) is 6.37. The molecule has 0 aromatic heterocycles. The van der Waals surface area contributed by atoms with Gasteiger partial charge in [-0.05, 0) is 46.0 Å². The zero-order valence-corrected chi connectivity index (χ0v) is 13.2. The molecule has 7 heteroatoms. The Kier molecular flexibility index (Phi) is 5.87. The largest absolute Gasteiger partial charge is 0.453 e. The summed E-state index contributed by atoms with van der Waals surface area (Å²) in [5, 5.41) is 0. The molecule has 0 aliphatic heterocycles. The number of ether oxygens (including phenoxy) is 2. The van der Waals surface area contributed by atoms with Gasteiger partial charge in [-0.15, -0.1) is 0 Å². The fraction of sp³-hybridized carbons (Fsp3) is 0.867. The molecule has 0 heterocycles. The summed E-state index contributed by atoms with van der Waals surface area (Å²) in [5.41, 5.74) is -2.37. The average molecular weight is 324 g/mol. The molecule has 0 amide bonds. The topological polar surface area (TPSA) is 52.6 Å². The number of rotatable bonds is 5. The van der Waals surface area contributed by atoms with E-state index < -0.39 is 35.7 Å². The van der Waals surface area contributed by atoms with Gasteiger partial charge in [0.15, 0.2) is 6.61 Å². The lowest BCUT2D eigenvalue weighted by Gasteiger charge is -2.36. The maximum absolute atomic E-state index is 12.2. The van der Waals surface area contributed by atoms with Gasteiger partial charge in [0.25, 0.3) is 0 Å². The Balaban J connectivity index is 2.86. The molecule has 128 valence electrons. The summed E-state index contributed by atoms with van der Waals surface area (Å²) in [6, 6.07) is 0. The predicted octanol–water partition coefficient (Wildman–Crippen LogP) is 3.77. The summed E-state index contributed by atoms with van der Waals surface area (Å²) in [4.78, 5) is 24.3. The Hall–Kier alpha value is -1.27. The second kappa shape index (κ2) is 6.87. The highest BCUT2D eigenvalue weighted by atomic mass is 19.4. The van der Waals surface area contributed by atoms with Crippen LogP contribution in [0.1, 0.15) is 59.3 Å². The summed E-state index contributed by atoms with van der Waals surface area (Å²) in [7, 11) is 0. The number of halogens is 3. The molecule has 22 heavy (non-hydrogen) atoms. The maximum Gasteiger partial charge on any atom is 0.422 e. The quantitative estimate of drug-likeness (QED) is 0.722. The van der Waals surface area contributed by atoms with Crippen molar-refractivity contribution in [3.05, 3.63) is 0 Å². The number of hydrogen-bond donors (Lipinski definition) is 0. The van der Waals surface area contributed by atoms with Crippen molar-refractivity contribution < 1.29 is 32.2 Å². The summed E-state index contributed by atoms with van der Waals surface area (Å²) in [5.74, 6) is -1.68. The van der Waals surface area contributed by atoms with Gasteiger partial charge in [-0.2, -0.15) is 13.2 Å². The van der Waals surface area contributed by atoms with Crippen molar-refractivity contribution in [2.24, 2.45) is 5.41 Å². The lowest BCUT2D eigenvalue weighted by atomic mass is 9.83. The van der Waals surface area contributed by atoms with Crippen molar-refractivity contribution in [3.63, 3.8) is 0 Å². The SMILES string of the molecule is CCC(C)(C)C(=O)OC1(C(=O)OCC(F)(F)F)CCCCC1. The van der Waals surface area contributed by atoms with E-state index in [1.807, 2.05) is 0 Å². The first kappa shape index (κ1) is 18.8. The summed E-state index contributed by atoms with van der Waals surface area (Å²) >= 11 is 0. The van der Waals surface area contributed by atoms with Gasteiger partial charge < -0.3 is 9.47 Å². The average Bonchev–Trinajstić information content (AvgIpc) is 2.44. The first-order chi connectivity index (χ1) is 10.0. The molecule has 0 N–H and O–H groups in total. The Bertz CT molecular complexity index is 410. The van der Waals surface area contributed by atoms with E-state index in [-0.39, 0.29) is 12.8 Å². The van der Waals surface area contributed by atoms with Crippen molar-refractivity contribution in [3.8, 4) is 0 Å². The van der Waals surface area contributed by atoms with Crippen LogP contribution in [0.5, 0.6) is 0 Å². The number of esters is 2. The van der Waals surface area contributed by atoms with E-state index in [9.17, 15) is 22.8 Å². The van der Waals surface area contributed by atoms with Crippen molar-refractivity contribution in [2.45, 2.75) is 71.1 Å². The molecule has 0 spiro atoms. The van der Waals surface area contributed by atoms with Crippen LogP contribution in [0.25, 0.3) is 0 Å². The molecule has 0 radical (unpaired) electrons. The maximum atomic E-state index is 12.2. The molecule has 1 saturated carbocycles. The summed E-state index contributed by atoms with van der Waals surface area (Å²) < 4.78 is 46.4. The van der Waals surface area contributed by atoms with Gasteiger partial charge in [0.1, 0.15) is 0 Å². The Morgan fingerprint density at radius 2 is 1.64 bits per heavy atom. The monoisotopic (exact) mass is 324 g/mol. The third kappa shape index (κ3) is 4.88. The van der Waals surface area contributed by atoms with Gasteiger partial charge in [0.2, 0.25) is 5.60 Å². The zero-order valence-electron chi connectivity index (χ0n) is 13.2. The molecule has 0 aromatic carbocycles. The van der Waals surface area contributed by atoms with Crippen LogP contribution in [-0.2, 0) is 19.1 Å². The van der Waals surface area contributed by atoms with Crippen LogP contribution in [0.3, 0.4) is 0 Å². The van der Waals surface area contributed by atoms with Crippen molar-refractivity contribution in [1.82, 2.24) is 0 Å². The first-order valence-corrected chi connectivity index (χ1v) is 7.50. The van der Waals surface area contributed by atoms with Crippen LogP contribution in [0.4, 0.5) is 13.2 Å². The number of carbonyl (C=O) groups excluding carboxylic acids is 2. The van der Waals surface area contributed by atoms with Gasteiger partial charge in [-0.1, -0.05) is 13.3 Å². The number of hydrogen-bond acceptors (Lipinski definition) is 4. The lowest BCUT2D eigenvalue weighted by Crippen LogP contribution is -2.49. The van der Waals surface area contributed by atoms with E-state index in [2.05, 4.69) is 4.74 Å². The zero-order chi connectivity index (χ0) is 17.0. The van der Waals surface area contributed by atoms with Gasteiger partial charge in [-0.25, -0.2) is 4.79 Å². The van der Waals surface area contributed by atoms with Gasteiger partial charge in [0, 0.05) is 0 Å². The molecule has 4 nitrogen and oxygen atoms in total. The first-order valence-electron chi connectivity index (χ1n) is 7.50. The Morgan fingerprint density at radius 1 is 1.09 bits per heavy atom.